The SMILES string of the molecule is CC(C)C(CC(C)(C)SCCO[PH](O)(O)O)C(=O)OCc1ccccc1. The van der Waals surface area contributed by atoms with Gasteiger partial charge in [0, 0.05) is 0 Å². The Morgan fingerprint density at radius 1 is 1.19 bits per heavy atom. The maximum atomic E-state index is 12.5. The normalized spacial score (nSPS) is 14.3. The molecule has 0 aromatic heterocycles. The van der Waals surface area contributed by atoms with Gasteiger partial charge in [-0.05, 0) is 0 Å². The Balaban J connectivity index is 2.52. The molecule has 0 heterocycles. The van der Waals surface area contributed by atoms with E-state index in [-0.39, 0.29) is 35.8 Å². The second-order valence-electron chi connectivity index (χ2n) is 7.18. The molecule has 1 aromatic carbocycles. The molecule has 0 radical (unpaired) electrons. The van der Waals surface area contributed by atoms with Crippen LogP contribution >= 0.6 is 19.9 Å². The Morgan fingerprint density at radius 3 is 2.35 bits per heavy atom. The van der Waals surface area contributed by atoms with E-state index in [1.807, 2.05) is 58.0 Å². The van der Waals surface area contributed by atoms with E-state index in [9.17, 15) is 4.79 Å². The van der Waals surface area contributed by atoms with Gasteiger partial charge in [-0.2, -0.15) is 0 Å². The molecule has 0 aliphatic heterocycles. The molecular formula is C18H31O6PS. The van der Waals surface area contributed by atoms with E-state index in [0.29, 0.717) is 12.2 Å². The first-order valence-electron chi connectivity index (χ1n) is 8.66. The van der Waals surface area contributed by atoms with Crippen molar-refractivity contribution in [2.45, 2.75) is 45.5 Å². The molecule has 3 N–H and O–H groups in total. The summed E-state index contributed by atoms with van der Waals surface area (Å²) in [5, 5.41) is 0. The summed E-state index contributed by atoms with van der Waals surface area (Å²) >= 11 is 1.55. The summed E-state index contributed by atoms with van der Waals surface area (Å²) < 4.78 is 9.88. The third kappa shape index (κ3) is 9.86. The molecule has 0 saturated carbocycles. The maximum absolute atomic E-state index is 12.5. The van der Waals surface area contributed by atoms with Gasteiger partial charge in [0.25, 0.3) is 0 Å². The molecule has 0 saturated heterocycles. The van der Waals surface area contributed by atoms with Gasteiger partial charge in [-0.15, -0.1) is 0 Å². The van der Waals surface area contributed by atoms with Crippen molar-refractivity contribution < 1.29 is 28.7 Å². The first-order valence-corrected chi connectivity index (χ1v) is 11.4. The zero-order valence-corrected chi connectivity index (χ0v) is 17.7. The molecule has 1 rings (SSSR count). The van der Waals surface area contributed by atoms with Crippen molar-refractivity contribution in [3.05, 3.63) is 35.9 Å². The van der Waals surface area contributed by atoms with Crippen molar-refractivity contribution in [1.82, 2.24) is 0 Å². The number of thioether (sulfide) groups is 1. The molecule has 0 fully saturated rings. The average Bonchev–Trinajstić information content (AvgIpc) is 2.54. The molecule has 0 amide bonds. The van der Waals surface area contributed by atoms with E-state index in [2.05, 4.69) is 4.52 Å². The number of carbonyl (C=O) groups is 1. The third-order valence-corrected chi connectivity index (χ3v) is 5.83. The number of benzene rings is 1. The molecule has 1 atom stereocenters. The second kappa shape index (κ2) is 10.6. The molecule has 26 heavy (non-hydrogen) atoms. The van der Waals surface area contributed by atoms with Gasteiger partial charge in [0.1, 0.15) is 0 Å². The second-order valence-corrected chi connectivity index (χ2v) is 10.4. The molecule has 0 aliphatic carbocycles. The van der Waals surface area contributed by atoms with Crippen molar-refractivity contribution >= 4 is 25.9 Å². The molecule has 0 bridgehead atoms. The van der Waals surface area contributed by atoms with Crippen LogP contribution in [0.1, 0.15) is 39.7 Å². The number of carbonyl (C=O) groups excluding carboxylic acids is 1. The van der Waals surface area contributed by atoms with Gasteiger partial charge < -0.3 is 0 Å². The third-order valence-electron chi connectivity index (χ3n) is 3.91. The smallest absolute Gasteiger partial charge is 0.0622 e. The van der Waals surface area contributed by atoms with Crippen LogP contribution in [0, 0.1) is 11.8 Å². The van der Waals surface area contributed by atoms with Gasteiger partial charge >= 0.3 is 142 Å². The molecule has 1 aromatic rings. The Kier molecular flexibility index (Phi) is 9.51. The monoisotopic (exact) mass is 406 g/mol. The topological polar surface area (TPSA) is 96.2 Å². The summed E-state index contributed by atoms with van der Waals surface area (Å²) in [6.45, 7) is 8.36. The number of hydrogen-bond acceptors (Lipinski definition) is 7. The quantitative estimate of drug-likeness (QED) is 0.295. The number of rotatable bonds is 11. The molecule has 0 aliphatic rings. The zero-order chi connectivity index (χ0) is 19.8. The van der Waals surface area contributed by atoms with Crippen LogP contribution in [0.3, 0.4) is 0 Å². The van der Waals surface area contributed by atoms with Crippen molar-refractivity contribution in [2.24, 2.45) is 11.8 Å². The molecule has 150 valence electrons. The molecular weight excluding hydrogens is 375 g/mol. The van der Waals surface area contributed by atoms with Crippen LogP contribution in [-0.2, 0) is 20.7 Å². The van der Waals surface area contributed by atoms with Crippen LogP contribution in [0.5, 0.6) is 0 Å². The van der Waals surface area contributed by atoms with E-state index in [1.165, 1.54) is 0 Å². The Hall–Kier alpha value is -0.690. The fourth-order valence-corrected chi connectivity index (χ4v) is 4.05. The van der Waals surface area contributed by atoms with Gasteiger partial charge in [0.05, 0.1) is 0 Å². The zero-order valence-electron chi connectivity index (χ0n) is 15.8. The van der Waals surface area contributed by atoms with E-state index in [1.54, 1.807) is 11.8 Å². The van der Waals surface area contributed by atoms with Gasteiger partial charge in [-0.3, -0.25) is 0 Å². The van der Waals surface area contributed by atoms with E-state index >= 15 is 0 Å². The van der Waals surface area contributed by atoms with Crippen LogP contribution in [0.2, 0.25) is 0 Å². The number of hydrogen-bond donors (Lipinski definition) is 3. The average molecular weight is 406 g/mol. The van der Waals surface area contributed by atoms with E-state index in [4.69, 9.17) is 19.4 Å². The summed E-state index contributed by atoms with van der Waals surface area (Å²) in [5.74, 6) is 0.181. The first-order chi connectivity index (χ1) is 12.0. The van der Waals surface area contributed by atoms with Crippen LogP contribution in [0.25, 0.3) is 0 Å². The minimum Gasteiger partial charge on any atom is -0.0622 e. The van der Waals surface area contributed by atoms with Gasteiger partial charge in [-0.25, -0.2) is 0 Å². The fourth-order valence-electron chi connectivity index (χ4n) is 2.51. The van der Waals surface area contributed by atoms with E-state index in [0.717, 1.165) is 5.56 Å². The standard InChI is InChI=1S/C18H31O6PS/c1-14(2)16(17(19)23-13-15-8-6-5-7-9-15)12-18(3,4)26-11-10-24-25(20,21)22/h5-9,14,16,20-22,25H,10-13H2,1-4H3. The molecule has 1 unspecified atom stereocenters. The van der Waals surface area contributed by atoms with Gasteiger partial charge in [-0.1, -0.05) is 18.2 Å². The fraction of sp³-hybridized carbons (Fsp3) is 0.611. The van der Waals surface area contributed by atoms with Crippen LogP contribution < -0.4 is 0 Å². The number of esters is 1. The van der Waals surface area contributed by atoms with Crippen LogP contribution in [-0.4, -0.2) is 37.8 Å². The summed E-state index contributed by atoms with van der Waals surface area (Å²) in [7, 11) is -4.45. The van der Waals surface area contributed by atoms with Crippen molar-refractivity contribution in [2.75, 3.05) is 12.4 Å². The summed E-state index contributed by atoms with van der Waals surface area (Å²) in [4.78, 5) is 39.1. The predicted octanol–water partition coefficient (Wildman–Crippen LogP) is 3.31. The van der Waals surface area contributed by atoms with Gasteiger partial charge in [0.2, 0.25) is 0 Å². The molecule has 8 heteroatoms. The Morgan fingerprint density at radius 2 is 1.81 bits per heavy atom. The summed E-state index contributed by atoms with van der Waals surface area (Å²) in [5.41, 5.74) is 0.957. The van der Waals surface area contributed by atoms with E-state index < -0.39 is 8.17 Å². The van der Waals surface area contributed by atoms with Crippen molar-refractivity contribution in [3.8, 4) is 0 Å². The van der Waals surface area contributed by atoms with Crippen molar-refractivity contribution in [1.29, 1.82) is 0 Å². The van der Waals surface area contributed by atoms with Crippen molar-refractivity contribution in [3.63, 3.8) is 0 Å². The summed E-state index contributed by atoms with van der Waals surface area (Å²) in [6, 6.07) is 9.58. The summed E-state index contributed by atoms with van der Waals surface area (Å²) in [6.07, 6.45) is 0.628. The minimum atomic E-state index is -4.45. The van der Waals surface area contributed by atoms with Gasteiger partial charge in [0.15, 0.2) is 0 Å². The van der Waals surface area contributed by atoms with Crippen LogP contribution in [0.4, 0.5) is 0 Å². The molecule has 0 spiro atoms. The van der Waals surface area contributed by atoms with Crippen LogP contribution in [0.15, 0.2) is 30.3 Å². The number of ether oxygens (including phenoxy) is 1. The predicted molar refractivity (Wildman–Crippen MR) is 107 cm³/mol. The Labute approximate surface area is 160 Å². The molecule has 6 nitrogen and oxygen atoms in total. The Bertz CT molecular complexity index is 544. The first kappa shape index (κ1) is 23.3. The minimum absolute atomic E-state index is 0.0363.